The molecule has 0 unspecified atom stereocenters. The third-order valence-electron chi connectivity index (χ3n) is 2.22. The summed E-state index contributed by atoms with van der Waals surface area (Å²) in [4.78, 5) is 10.6. The maximum absolute atomic E-state index is 10.6. The van der Waals surface area contributed by atoms with Gasteiger partial charge in [-0.15, -0.1) is 0 Å². The normalized spacial score (nSPS) is 10.4. The highest BCUT2D eigenvalue weighted by Crippen LogP contribution is 2.01. The van der Waals surface area contributed by atoms with Crippen LogP contribution >= 0.6 is 0 Å². The number of aliphatic hydroxyl groups is 1. The van der Waals surface area contributed by atoms with Crippen molar-refractivity contribution in [1.29, 1.82) is 0 Å². The molecule has 0 aliphatic carbocycles. The van der Waals surface area contributed by atoms with E-state index in [4.69, 9.17) is 14.6 Å². The molecule has 0 aromatic carbocycles. The summed E-state index contributed by atoms with van der Waals surface area (Å²) in [6, 6.07) is 0. The largest absolute Gasteiger partial charge is 0.464 e. The summed E-state index contributed by atoms with van der Waals surface area (Å²) < 4.78 is 10.1. The molecule has 4 nitrogen and oxygen atoms in total. The molecular weight excluding hydrogens is 208 g/mol. The lowest BCUT2D eigenvalue weighted by Crippen LogP contribution is -2.09. The number of hydrogen-bond donors (Lipinski definition) is 1. The number of hydrogen-bond acceptors (Lipinski definition) is 4. The van der Waals surface area contributed by atoms with Gasteiger partial charge >= 0.3 is 5.97 Å². The van der Waals surface area contributed by atoms with Gasteiger partial charge in [0, 0.05) is 13.2 Å². The van der Waals surface area contributed by atoms with Crippen LogP contribution in [-0.2, 0) is 14.3 Å². The van der Waals surface area contributed by atoms with Crippen LogP contribution in [-0.4, -0.2) is 37.5 Å². The number of carbonyl (C=O) groups excluding carboxylic acids is 1. The molecule has 96 valence electrons. The first-order chi connectivity index (χ1) is 7.81. The van der Waals surface area contributed by atoms with E-state index in [0.717, 1.165) is 45.3 Å². The average molecular weight is 232 g/mol. The van der Waals surface area contributed by atoms with Gasteiger partial charge in [-0.1, -0.05) is 19.8 Å². The zero-order valence-corrected chi connectivity index (χ0v) is 10.2. The Morgan fingerprint density at radius 1 is 1.00 bits per heavy atom. The fourth-order valence-electron chi connectivity index (χ4n) is 1.24. The molecule has 0 rings (SSSR count). The van der Waals surface area contributed by atoms with Crippen LogP contribution in [0.4, 0.5) is 0 Å². The van der Waals surface area contributed by atoms with Gasteiger partial charge in [0.1, 0.15) is 6.61 Å². The highest BCUT2D eigenvalue weighted by atomic mass is 16.5. The Morgan fingerprint density at radius 3 is 2.25 bits per heavy atom. The van der Waals surface area contributed by atoms with Gasteiger partial charge in [-0.2, -0.15) is 0 Å². The van der Waals surface area contributed by atoms with Crippen LogP contribution in [0.25, 0.3) is 0 Å². The minimum Gasteiger partial charge on any atom is -0.464 e. The van der Waals surface area contributed by atoms with E-state index < -0.39 is 12.6 Å². The molecule has 0 fully saturated rings. The lowest BCUT2D eigenvalue weighted by Gasteiger charge is -2.04. The van der Waals surface area contributed by atoms with E-state index in [1.54, 1.807) is 0 Å². The van der Waals surface area contributed by atoms with Gasteiger partial charge in [-0.3, -0.25) is 0 Å². The number of carbonyl (C=O) groups is 1. The Bertz CT molecular complexity index is 159. The summed E-state index contributed by atoms with van der Waals surface area (Å²) in [5.41, 5.74) is 0. The van der Waals surface area contributed by atoms with E-state index in [0.29, 0.717) is 6.61 Å². The molecule has 0 aliphatic rings. The molecular formula is C12H24O4. The van der Waals surface area contributed by atoms with Gasteiger partial charge < -0.3 is 14.6 Å². The number of ether oxygens (including phenoxy) is 2. The Hall–Kier alpha value is -0.610. The van der Waals surface area contributed by atoms with Gasteiger partial charge in [0.15, 0.2) is 0 Å². The fraction of sp³-hybridized carbons (Fsp3) is 0.917. The molecule has 0 amide bonds. The minimum absolute atomic E-state index is 0.413. The Labute approximate surface area is 97.9 Å². The predicted octanol–water partition coefficient (Wildman–Crippen LogP) is 1.90. The predicted molar refractivity (Wildman–Crippen MR) is 62.2 cm³/mol. The average Bonchev–Trinajstić information content (AvgIpc) is 2.31. The summed E-state index contributed by atoms with van der Waals surface area (Å²) in [5.74, 6) is -0.539. The van der Waals surface area contributed by atoms with Gasteiger partial charge in [0.2, 0.25) is 0 Å². The quantitative estimate of drug-likeness (QED) is 0.436. The summed E-state index contributed by atoms with van der Waals surface area (Å²) in [6.45, 7) is 3.74. The molecule has 0 atom stereocenters. The number of rotatable bonds is 11. The highest BCUT2D eigenvalue weighted by Gasteiger charge is 1.98. The van der Waals surface area contributed by atoms with Crippen molar-refractivity contribution in [2.24, 2.45) is 0 Å². The van der Waals surface area contributed by atoms with Crippen LogP contribution < -0.4 is 0 Å². The van der Waals surface area contributed by atoms with E-state index in [9.17, 15) is 4.79 Å². The number of aliphatic hydroxyl groups excluding tert-OH is 1. The molecule has 0 bridgehead atoms. The van der Waals surface area contributed by atoms with Crippen molar-refractivity contribution in [2.45, 2.75) is 45.4 Å². The Morgan fingerprint density at radius 2 is 1.62 bits per heavy atom. The molecule has 16 heavy (non-hydrogen) atoms. The highest BCUT2D eigenvalue weighted by molar-refractivity contribution is 5.70. The van der Waals surface area contributed by atoms with Crippen LogP contribution in [0.3, 0.4) is 0 Å². The summed E-state index contributed by atoms with van der Waals surface area (Å²) >= 11 is 0. The van der Waals surface area contributed by atoms with E-state index in [2.05, 4.69) is 6.92 Å². The molecule has 0 saturated heterocycles. The third kappa shape index (κ3) is 11.5. The first kappa shape index (κ1) is 15.4. The summed E-state index contributed by atoms with van der Waals surface area (Å²) in [7, 11) is 0. The van der Waals surface area contributed by atoms with E-state index in [-0.39, 0.29) is 0 Å². The van der Waals surface area contributed by atoms with Gasteiger partial charge in [0.05, 0.1) is 6.61 Å². The maximum Gasteiger partial charge on any atom is 0.331 e. The zero-order valence-electron chi connectivity index (χ0n) is 10.2. The molecule has 0 aliphatic heterocycles. The Balaban J connectivity index is 2.96. The van der Waals surface area contributed by atoms with E-state index in [1.807, 2.05) is 0 Å². The van der Waals surface area contributed by atoms with Crippen molar-refractivity contribution in [3.8, 4) is 0 Å². The SMILES string of the molecule is CCCCOCCCCCCOC(=O)CO. The topological polar surface area (TPSA) is 55.8 Å². The number of esters is 1. The molecule has 0 saturated carbocycles. The van der Waals surface area contributed by atoms with Crippen LogP contribution in [0.2, 0.25) is 0 Å². The van der Waals surface area contributed by atoms with Crippen LogP contribution in [0.5, 0.6) is 0 Å². The van der Waals surface area contributed by atoms with Crippen molar-refractivity contribution >= 4 is 5.97 Å². The second-order valence-electron chi connectivity index (χ2n) is 3.76. The van der Waals surface area contributed by atoms with Gasteiger partial charge in [0.25, 0.3) is 0 Å². The fourth-order valence-corrected chi connectivity index (χ4v) is 1.24. The standard InChI is InChI=1S/C12H24O4/c1-2-3-8-15-9-6-4-5-7-10-16-12(14)11-13/h13H,2-11H2,1H3. The van der Waals surface area contributed by atoms with E-state index in [1.165, 1.54) is 6.42 Å². The van der Waals surface area contributed by atoms with Crippen molar-refractivity contribution < 1.29 is 19.4 Å². The third-order valence-corrected chi connectivity index (χ3v) is 2.22. The lowest BCUT2D eigenvalue weighted by molar-refractivity contribution is -0.147. The van der Waals surface area contributed by atoms with Gasteiger partial charge in [-0.05, 0) is 25.7 Å². The van der Waals surface area contributed by atoms with Crippen LogP contribution in [0, 0.1) is 0 Å². The first-order valence-electron chi connectivity index (χ1n) is 6.15. The summed E-state index contributed by atoms with van der Waals surface area (Å²) in [6.07, 6.45) is 6.38. The minimum atomic E-state index is -0.539. The van der Waals surface area contributed by atoms with Crippen LogP contribution in [0.1, 0.15) is 45.4 Å². The molecule has 0 heterocycles. The molecule has 0 spiro atoms. The monoisotopic (exact) mass is 232 g/mol. The lowest BCUT2D eigenvalue weighted by atomic mass is 10.2. The van der Waals surface area contributed by atoms with Gasteiger partial charge in [-0.25, -0.2) is 4.79 Å². The zero-order chi connectivity index (χ0) is 12.1. The smallest absolute Gasteiger partial charge is 0.331 e. The second-order valence-corrected chi connectivity index (χ2v) is 3.76. The molecule has 0 aromatic heterocycles. The van der Waals surface area contributed by atoms with Crippen LogP contribution in [0.15, 0.2) is 0 Å². The summed E-state index contributed by atoms with van der Waals surface area (Å²) in [5, 5.41) is 8.39. The maximum atomic E-state index is 10.6. The Kier molecular flexibility index (Phi) is 12.0. The number of unbranched alkanes of at least 4 members (excludes halogenated alkanes) is 4. The molecule has 4 heteroatoms. The molecule has 1 N–H and O–H groups in total. The second kappa shape index (κ2) is 12.5. The van der Waals surface area contributed by atoms with Crippen molar-refractivity contribution in [3.05, 3.63) is 0 Å². The van der Waals surface area contributed by atoms with E-state index >= 15 is 0 Å². The molecule has 0 radical (unpaired) electrons. The van der Waals surface area contributed by atoms with Crippen molar-refractivity contribution in [3.63, 3.8) is 0 Å². The molecule has 0 aromatic rings. The van der Waals surface area contributed by atoms with Crippen molar-refractivity contribution in [2.75, 3.05) is 26.4 Å². The first-order valence-corrected chi connectivity index (χ1v) is 6.15. The van der Waals surface area contributed by atoms with Crippen molar-refractivity contribution in [1.82, 2.24) is 0 Å².